The SMILES string of the molecule is CCN1CCCC1C1CCCN1C(=O)C1CCCC1. The molecule has 2 heterocycles. The molecule has 1 amide bonds. The van der Waals surface area contributed by atoms with E-state index in [1.54, 1.807) is 0 Å². The van der Waals surface area contributed by atoms with Gasteiger partial charge in [0.15, 0.2) is 0 Å². The van der Waals surface area contributed by atoms with Crippen LogP contribution in [0.4, 0.5) is 0 Å². The van der Waals surface area contributed by atoms with Crippen LogP contribution in [0.25, 0.3) is 0 Å². The van der Waals surface area contributed by atoms with Crippen LogP contribution in [0.2, 0.25) is 0 Å². The van der Waals surface area contributed by atoms with E-state index in [4.69, 9.17) is 0 Å². The molecule has 2 saturated heterocycles. The highest BCUT2D eigenvalue weighted by molar-refractivity contribution is 5.79. The highest BCUT2D eigenvalue weighted by Gasteiger charge is 2.41. The molecule has 108 valence electrons. The minimum atomic E-state index is 0.358. The third-order valence-electron chi connectivity index (χ3n) is 5.55. The first-order valence-corrected chi connectivity index (χ1v) is 8.35. The molecule has 2 unspecified atom stereocenters. The van der Waals surface area contributed by atoms with Gasteiger partial charge in [-0.05, 0) is 51.6 Å². The Morgan fingerprint density at radius 3 is 2.37 bits per heavy atom. The Morgan fingerprint density at radius 1 is 0.947 bits per heavy atom. The van der Waals surface area contributed by atoms with Crippen LogP contribution in [0.1, 0.15) is 58.3 Å². The summed E-state index contributed by atoms with van der Waals surface area (Å²) in [6.45, 7) is 5.67. The molecule has 1 saturated carbocycles. The van der Waals surface area contributed by atoms with Crippen molar-refractivity contribution in [2.75, 3.05) is 19.6 Å². The van der Waals surface area contributed by atoms with Crippen LogP contribution >= 0.6 is 0 Å². The zero-order chi connectivity index (χ0) is 13.2. The summed E-state index contributed by atoms with van der Waals surface area (Å²) in [5.74, 6) is 0.847. The fourth-order valence-electron chi connectivity index (χ4n) is 4.55. The lowest BCUT2D eigenvalue weighted by Gasteiger charge is -2.35. The smallest absolute Gasteiger partial charge is 0.225 e. The average molecular weight is 264 g/mol. The number of hydrogen-bond acceptors (Lipinski definition) is 2. The molecule has 3 nitrogen and oxygen atoms in total. The highest BCUT2D eigenvalue weighted by Crippen LogP contribution is 2.34. The van der Waals surface area contributed by atoms with Gasteiger partial charge in [0.1, 0.15) is 0 Å². The number of likely N-dealkylation sites (N-methyl/N-ethyl adjacent to an activating group) is 1. The summed E-state index contributed by atoms with van der Waals surface area (Å²) in [5, 5.41) is 0. The quantitative estimate of drug-likeness (QED) is 0.782. The number of rotatable bonds is 3. The van der Waals surface area contributed by atoms with Gasteiger partial charge in [0, 0.05) is 24.5 Å². The van der Waals surface area contributed by atoms with E-state index in [9.17, 15) is 4.79 Å². The summed E-state index contributed by atoms with van der Waals surface area (Å²) in [5.41, 5.74) is 0. The van der Waals surface area contributed by atoms with Crippen molar-refractivity contribution >= 4 is 5.91 Å². The minimum Gasteiger partial charge on any atom is -0.338 e. The zero-order valence-electron chi connectivity index (χ0n) is 12.3. The van der Waals surface area contributed by atoms with Crippen molar-refractivity contribution in [1.29, 1.82) is 0 Å². The fourth-order valence-corrected chi connectivity index (χ4v) is 4.55. The van der Waals surface area contributed by atoms with E-state index in [1.165, 1.54) is 45.1 Å². The number of carbonyl (C=O) groups is 1. The van der Waals surface area contributed by atoms with Crippen molar-refractivity contribution in [3.05, 3.63) is 0 Å². The van der Waals surface area contributed by atoms with Crippen molar-refractivity contribution in [2.24, 2.45) is 5.92 Å². The summed E-state index contributed by atoms with van der Waals surface area (Å²) in [6, 6.07) is 1.17. The summed E-state index contributed by atoms with van der Waals surface area (Å²) in [7, 11) is 0. The average Bonchev–Trinajstić information content (AvgIpc) is 3.16. The number of likely N-dealkylation sites (tertiary alicyclic amines) is 2. The molecule has 2 aliphatic heterocycles. The van der Waals surface area contributed by atoms with Gasteiger partial charge in [-0.25, -0.2) is 0 Å². The molecule has 3 aliphatic rings. The van der Waals surface area contributed by atoms with E-state index in [2.05, 4.69) is 16.7 Å². The Kier molecular flexibility index (Phi) is 4.11. The number of nitrogens with zero attached hydrogens (tertiary/aromatic N) is 2. The Balaban J connectivity index is 1.68. The van der Waals surface area contributed by atoms with Gasteiger partial charge < -0.3 is 4.90 Å². The molecule has 0 aromatic rings. The molecule has 0 bridgehead atoms. The first-order valence-electron chi connectivity index (χ1n) is 8.35. The Labute approximate surface area is 117 Å². The first-order chi connectivity index (χ1) is 9.31. The van der Waals surface area contributed by atoms with E-state index < -0.39 is 0 Å². The van der Waals surface area contributed by atoms with Gasteiger partial charge in [0.2, 0.25) is 5.91 Å². The molecule has 3 rings (SSSR count). The summed E-state index contributed by atoms with van der Waals surface area (Å²) in [6.07, 6.45) is 9.89. The second-order valence-corrected chi connectivity index (χ2v) is 6.56. The molecule has 0 N–H and O–H groups in total. The monoisotopic (exact) mass is 264 g/mol. The number of carbonyl (C=O) groups excluding carboxylic acids is 1. The predicted molar refractivity (Wildman–Crippen MR) is 77.0 cm³/mol. The number of amides is 1. The van der Waals surface area contributed by atoms with Gasteiger partial charge in [0.25, 0.3) is 0 Å². The molecular weight excluding hydrogens is 236 g/mol. The Bertz CT molecular complexity index is 325. The molecular formula is C16H28N2O. The van der Waals surface area contributed by atoms with E-state index >= 15 is 0 Å². The van der Waals surface area contributed by atoms with E-state index in [0.29, 0.717) is 23.9 Å². The molecule has 0 spiro atoms. The highest BCUT2D eigenvalue weighted by atomic mass is 16.2. The lowest BCUT2D eigenvalue weighted by Crippen LogP contribution is -2.49. The van der Waals surface area contributed by atoms with Crippen LogP contribution < -0.4 is 0 Å². The molecule has 0 radical (unpaired) electrons. The first kappa shape index (κ1) is 13.4. The minimum absolute atomic E-state index is 0.358. The maximum atomic E-state index is 12.7. The summed E-state index contributed by atoms with van der Waals surface area (Å²) < 4.78 is 0. The van der Waals surface area contributed by atoms with Gasteiger partial charge in [-0.2, -0.15) is 0 Å². The van der Waals surface area contributed by atoms with Crippen molar-refractivity contribution in [1.82, 2.24) is 9.80 Å². The lowest BCUT2D eigenvalue weighted by atomic mass is 10.0. The van der Waals surface area contributed by atoms with Crippen LogP contribution in [0.3, 0.4) is 0 Å². The van der Waals surface area contributed by atoms with Crippen LogP contribution in [0.5, 0.6) is 0 Å². The summed E-state index contributed by atoms with van der Waals surface area (Å²) in [4.78, 5) is 17.6. The van der Waals surface area contributed by atoms with Gasteiger partial charge in [-0.3, -0.25) is 9.69 Å². The molecule has 0 aromatic heterocycles. The van der Waals surface area contributed by atoms with Crippen molar-refractivity contribution < 1.29 is 4.79 Å². The fraction of sp³-hybridized carbons (Fsp3) is 0.938. The van der Waals surface area contributed by atoms with Crippen molar-refractivity contribution in [3.8, 4) is 0 Å². The largest absolute Gasteiger partial charge is 0.338 e. The van der Waals surface area contributed by atoms with E-state index in [-0.39, 0.29) is 0 Å². The second kappa shape index (κ2) is 5.82. The third-order valence-corrected chi connectivity index (χ3v) is 5.55. The van der Waals surface area contributed by atoms with Crippen LogP contribution in [-0.2, 0) is 4.79 Å². The number of hydrogen-bond donors (Lipinski definition) is 0. The van der Waals surface area contributed by atoms with Crippen LogP contribution in [0.15, 0.2) is 0 Å². The second-order valence-electron chi connectivity index (χ2n) is 6.56. The van der Waals surface area contributed by atoms with Crippen molar-refractivity contribution in [3.63, 3.8) is 0 Å². The Hall–Kier alpha value is -0.570. The van der Waals surface area contributed by atoms with Crippen LogP contribution in [-0.4, -0.2) is 47.4 Å². The maximum absolute atomic E-state index is 12.7. The standard InChI is InChI=1S/C16H28N2O/c1-2-17-11-5-9-14(17)15-10-6-12-18(15)16(19)13-7-3-4-8-13/h13-15H,2-12H2,1H3. The van der Waals surface area contributed by atoms with Gasteiger partial charge >= 0.3 is 0 Å². The van der Waals surface area contributed by atoms with Gasteiger partial charge in [-0.15, -0.1) is 0 Å². The Morgan fingerprint density at radius 2 is 1.63 bits per heavy atom. The van der Waals surface area contributed by atoms with Crippen LogP contribution in [0, 0.1) is 5.92 Å². The predicted octanol–water partition coefficient (Wildman–Crippen LogP) is 2.65. The molecule has 3 heteroatoms. The molecule has 0 aromatic carbocycles. The summed E-state index contributed by atoms with van der Waals surface area (Å²) >= 11 is 0. The molecule has 1 aliphatic carbocycles. The normalized spacial score (nSPS) is 33.4. The maximum Gasteiger partial charge on any atom is 0.225 e. The molecule has 19 heavy (non-hydrogen) atoms. The third kappa shape index (κ3) is 2.54. The van der Waals surface area contributed by atoms with E-state index in [1.807, 2.05) is 0 Å². The molecule has 3 fully saturated rings. The van der Waals surface area contributed by atoms with Crippen molar-refractivity contribution in [2.45, 2.75) is 70.4 Å². The zero-order valence-corrected chi connectivity index (χ0v) is 12.3. The van der Waals surface area contributed by atoms with Gasteiger partial charge in [-0.1, -0.05) is 19.8 Å². The molecule has 2 atom stereocenters. The van der Waals surface area contributed by atoms with E-state index in [0.717, 1.165) is 25.9 Å². The van der Waals surface area contributed by atoms with Gasteiger partial charge in [0.05, 0.1) is 0 Å². The lowest BCUT2D eigenvalue weighted by molar-refractivity contribution is -0.137. The topological polar surface area (TPSA) is 23.6 Å².